The van der Waals surface area contributed by atoms with Gasteiger partial charge >= 0.3 is 5.69 Å². The third-order valence-electron chi connectivity index (χ3n) is 3.75. The minimum absolute atomic E-state index is 0.141. The van der Waals surface area contributed by atoms with E-state index < -0.39 is 28.2 Å². The van der Waals surface area contributed by atoms with Gasteiger partial charge in [0, 0.05) is 19.3 Å². The summed E-state index contributed by atoms with van der Waals surface area (Å²) in [6, 6.07) is 9.07. The summed E-state index contributed by atoms with van der Waals surface area (Å²) in [6.45, 7) is 0. The summed E-state index contributed by atoms with van der Waals surface area (Å²) in [5.74, 6) is -2.03. The Kier molecular flexibility index (Phi) is 4.44. The quantitative estimate of drug-likeness (QED) is 0.529. The van der Waals surface area contributed by atoms with E-state index in [0.29, 0.717) is 0 Å². The van der Waals surface area contributed by atoms with Gasteiger partial charge in [-0.1, -0.05) is 12.1 Å². The molecule has 1 aromatic heterocycles. The van der Waals surface area contributed by atoms with Crippen molar-refractivity contribution in [1.29, 1.82) is 0 Å². The van der Waals surface area contributed by atoms with Crippen molar-refractivity contribution in [3.05, 3.63) is 82.2 Å². The van der Waals surface area contributed by atoms with E-state index in [4.69, 9.17) is 0 Å². The lowest BCUT2D eigenvalue weighted by atomic mass is 10.2. The highest BCUT2D eigenvalue weighted by Gasteiger charge is 2.21. The maximum atomic E-state index is 13.8. The molecule has 0 aliphatic rings. The molecule has 0 aliphatic carbocycles. The zero-order valence-corrected chi connectivity index (χ0v) is 13.5. The first-order valence-electron chi connectivity index (χ1n) is 7.40. The van der Waals surface area contributed by atoms with E-state index in [1.807, 2.05) is 0 Å². The number of hydrogen-bond acceptors (Lipinski definition) is 4. The van der Waals surface area contributed by atoms with E-state index in [1.165, 1.54) is 48.4 Å². The van der Waals surface area contributed by atoms with E-state index in [1.54, 1.807) is 6.07 Å². The molecule has 0 unspecified atom stereocenters. The first kappa shape index (κ1) is 17.2. The first-order valence-corrected chi connectivity index (χ1v) is 7.40. The van der Waals surface area contributed by atoms with Gasteiger partial charge in [0.25, 0.3) is 5.91 Å². The number of nitro groups is 1. The topological polar surface area (TPSA) is 81.3 Å². The number of nitrogens with zero attached hydrogens (tertiary/aromatic N) is 4. The third-order valence-corrected chi connectivity index (χ3v) is 3.75. The minimum atomic E-state index is -0.994. The molecule has 0 bridgehead atoms. The molecule has 1 heterocycles. The number of para-hydroxylation sites is 1. The Labute approximate surface area is 146 Å². The lowest BCUT2D eigenvalue weighted by Crippen LogP contribution is -2.26. The number of halogens is 2. The summed E-state index contributed by atoms with van der Waals surface area (Å²) in [6.07, 6.45) is 2.60. The molecule has 7 nitrogen and oxygen atoms in total. The van der Waals surface area contributed by atoms with Gasteiger partial charge in [0.2, 0.25) is 5.82 Å². The maximum Gasteiger partial charge on any atom is 0.306 e. The first-order chi connectivity index (χ1) is 12.4. The van der Waals surface area contributed by atoms with Crippen molar-refractivity contribution in [1.82, 2.24) is 9.78 Å². The van der Waals surface area contributed by atoms with Crippen LogP contribution in [0.2, 0.25) is 0 Å². The zero-order valence-electron chi connectivity index (χ0n) is 13.5. The molecule has 0 aliphatic heterocycles. The normalized spacial score (nSPS) is 10.6. The Bertz CT molecular complexity index is 1000. The van der Waals surface area contributed by atoms with Crippen LogP contribution in [0.25, 0.3) is 5.69 Å². The number of carbonyl (C=O) groups is 1. The smallest absolute Gasteiger partial charge is 0.306 e. The molecule has 0 fully saturated rings. The van der Waals surface area contributed by atoms with Gasteiger partial charge in [0.1, 0.15) is 11.5 Å². The average molecular weight is 358 g/mol. The third kappa shape index (κ3) is 3.14. The van der Waals surface area contributed by atoms with Crippen LogP contribution in [0, 0.1) is 21.7 Å². The van der Waals surface area contributed by atoms with Crippen molar-refractivity contribution >= 4 is 17.3 Å². The van der Waals surface area contributed by atoms with Gasteiger partial charge in [-0.05, 0) is 24.3 Å². The fourth-order valence-electron chi connectivity index (χ4n) is 2.36. The second-order valence-electron chi connectivity index (χ2n) is 5.38. The fourth-order valence-corrected chi connectivity index (χ4v) is 2.36. The van der Waals surface area contributed by atoms with Crippen molar-refractivity contribution < 1.29 is 18.5 Å². The predicted octanol–water partition coefficient (Wildman–Crippen LogP) is 3.34. The molecule has 26 heavy (non-hydrogen) atoms. The molecule has 9 heteroatoms. The molecule has 3 rings (SSSR count). The van der Waals surface area contributed by atoms with Crippen molar-refractivity contribution in [3.8, 4) is 5.69 Å². The fraction of sp³-hybridized carbons (Fsp3) is 0.0588. The molecule has 2 aromatic carbocycles. The van der Waals surface area contributed by atoms with Crippen LogP contribution < -0.4 is 4.90 Å². The minimum Gasteiger partial charge on any atom is -0.311 e. The largest absolute Gasteiger partial charge is 0.311 e. The van der Waals surface area contributed by atoms with Crippen LogP contribution in [0.5, 0.6) is 0 Å². The van der Waals surface area contributed by atoms with Crippen molar-refractivity contribution in [3.63, 3.8) is 0 Å². The Balaban J connectivity index is 1.89. The van der Waals surface area contributed by atoms with Gasteiger partial charge in [0.15, 0.2) is 0 Å². The molecule has 132 valence electrons. The Morgan fingerprint density at radius 2 is 1.92 bits per heavy atom. The number of benzene rings is 2. The van der Waals surface area contributed by atoms with Crippen molar-refractivity contribution in [2.75, 3.05) is 11.9 Å². The van der Waals surface area contributed by atoms with Crippen LogP contribution in [0.4, 0.5) is 20.2 Å². The predicted molar refractivity (Wildman–Crippen MR) is 89.3 cm³/mol. The Morgan fingerprint density at radius 3 is 2.62 bits per heavy atom. The Hall–Kier alpha value is -3.62. The van der Waals surface area contributed by atoms with Crippen LogP contribution in [-0.4, -0.2) is 27.7 Å². The number of aromatic nitrogens is 2. The van der Waals surface area contributed by atoms with E-state index >= 15 is 0 Å². The van der Waals surface area contributed by atoms with Gasteiger partial charge in [-0.25, -0.2) is 9.07 Å². The number of carbonyl (C=O) groups excluding carboxylic acids is 1. The van der Waals surface area contributed by atoms with E-state index in [0.717, 1.165) is 17.0 Å². The van der Waals surface area contributed by atoms with Gasteiger partial charge in [0.05, 0.1) is 22.4 Å². The van der Waals surface area contributed by atoms with Crippen LogP contribution >= 0.6 is 0 Å². The molecule has 0 saturated carbocycles. The number of anilines is 1. The summed E-state index contributed by atoms with van der Waals surface area (Å²) in [4.78, 5) is 23.7. The number of amides is 1. The molecule has 0 saturated heterocycles. The number of rotatable bonds is 4. The maximum absolute atomic E-state index is 13.8. The number of nitro benzene ring substituents is 1. The summed E-state index contributed by atoms with van der Waals surface area (Å²) in [7, 11) is 1.39. The van der Waals surface area contributed by atoms with E-state index in [-0.39, 0.29) is 16.9 Å². The summed E-state index contributed by atoms with van der Waals surface area (Å²) in [5.41, 5.74) is -0.278. The average Bonchev–Trinajstić information content (AvgIpc) is 3.11. The van der Waals surface area contributed by atoms with Crippen LogP contribution in [0.1, 0.15) is 10.4 Å². The number of hydrogen-bond donors (Lipinski definition) is 0. The van der Waals surface area contributed by atoms with Crippen LogP contribution in [0.15, 0.2) is 54.9 Å². The van der Waals surface area contributed by atoms with E-state index in [2.05, 4.69) is 5.10 Å². The second-order valence-corrected chi connectivity index (χ2v) is 5.38. The molecule has 0 spiro atoms. The highest BCUT2D eigenvalue weighted by molar-refractivity contribution is 6.05. The zero-order chi connectivity index (χ0) is 18.8. The monoisotopic (exact) mass is 358 g/mol. The molecular weight excluding hydrogens is 346 g/mol. The van der Waals surface area contributed by atoms with E-state index in [9.17, 15) is 23.7 Å². The SMILES string of the molecule is CN(C(=O)c1cnn(-c2ccccc2F)c1)c1ccc(F)c([N+](=O)[O-])c1. The lowest BCUT2D eigenvalue weighted by Gasteiger charge is -2.16. The van der Waals surface area contributed by atoms with Gasteiger partial charge in [-0.3, -0.25) is 14.9 Å². The van der Waals surface area contributed by atoms with Crippen molar-refractivity contribution in [2.24, 2.45) is 0 Å². The molecule has 3 aromatic rings. The van der Waals surface area contributed by atoms with Gasteiger partial charge in [-0.15, -0.1) is 0 Å². The summed E-state index contributed by atoms with van der Waals surface area (Å²) >= 11 is 0. The van der Waals surface area contributed by atoms with Crippen molar-refractivity contribution in [2.45, 2.75) is 0 Å². The standard InChI is InChI=1S/C17H12F2N4O3/c1-21(12-6-7-14(19)16(8-12)23(25)26)17(24)11-9-20-22(10-11)15-5-3-2-4-13(15)18/h2-10H,1H3. The second kappa shape index (κ2) is 6.71. The Morgan fingerprint density at radius 1 is 1.19 bits per heavy atom. The summed E-state index contributed by atoms with van der Waals surface area (Å²) in [5, 5.41) is 14.8. The highest BCUT2D eigenvalue weighted by Crippen LogP contribution is 2.25. The van der Waals surface area contributed by atoms with Gasteiger partial charge in [-0.2, -0.15) is 9.49 Å². The molecule has 0 atom stereocenters. The molecular formula is C17H12F2N4O3. The lowest BCUT2D eigenvalue weighted by molar-refractivity contribution is -0.387. The van der Waals surface area contributed by atoms with Crippen LogP contribution in [0.3, 0.4) is 0 Å². The van der Waals surface area contributed by atoms with Crippen LogP contribution in [-0.2, 0) is 0 Å². The molecule has 0 N–H and O–H groups in total. The van der Waals surface area contributed by atoms with Gasteiger partial charge < -0.3 is 4.90 Å². The highest BCUT2D eigenvalue weighted by atomic mass is 19.1. The molecule has 0 radical (unpaired) electrons. The summed E-state index contributed by atoms with van der Waals surface area (Å²) < 4.78 is 28.5. The molecule has 1 amide bonds.